The number of nitrogens with zero attached hydrogens (tertiary/aromatic N) is 1. The Hall–Kier alpha value is -2.28. The lowest BCUT2D eigenvalue weighted by atomic mass is 9.85. The van der Waals surface area contributed by atoms with Crippen molar-refractivity contribution in [1.29, 1.82) is 5.41 Å². The van der Waals surface area contributed by atoms with Crippen LogP contribution in [0.3, 0.4) is 0 Å². The quantitative estimate of drug-likeness (QED) is 0.262. The number of para-hydroxylation sites is 1. The number of fused-ring (bicyclic) bond motifs is 1. The number of aromatic nitrogens is 1. The van der Waals surface area contributed by atoms with Gasteiger partial charge in [0.05, 0.1) is 10.2 Å². The summed E-state index contributed by atoms with van der Waals surface area (Å²) in [5.74, 6) is -0.454. The zero-order valence-corrected chi connectivity index (χ0v) is 17.0. The van der Waals surface area contributed by atoms with Gasteiger partial charge in [-0.2, -0.15) is 0 Å². The summed E-state index contributed by atoms with van der Waals surface area (Å²) in [7, 11) is 0. The monoisotopic (exact) mass is 388 g/mol. The van der Waals surface area contributed by atoms with Crippen LogP contribution in [0.2, 0.25) is 0 Å². The normalized spacial score (nSPS) is 12.7. The summed E-state index contributed by atoms with van der Waals surface area (Å²) in [4.78, 5) is 30.0. The predicted molar refractivity (Wildman–Crippen MR) is 110 cm³/mol. The molecule has 0 unspecified atom stereocenters. The molecule has 0 spiro atoms. The van der Waals surface area contributed by atoms with Crippen LogP contribution >= 0.6 is 11.3 Å². The molecule has 0 aliphatic carbocycles. The molecule has 0 aliphatic rings. The third kappa shape index (κ3) is 6.75. The first-order chi connectivity index (χ1) is 12.7. The van der Waals surface area contributed by atoms with Crippen molar-refractivity contribution >= 4 is 39.1 Å². The molecule has 4 N–H and O–H groups in total. The Balaban J connectivity index is 2.12. The van der Waals surface area contributed by atoms with Crippen molar-refractivity contribution < 1.29 is 9.59 Å². The van der Waals surface area contributed by atoms with Crippen molar-refractivity contribution in [3.05, 3.63) is 29.3 Å². The Morgan fingerprint density at radius 1 is 1.30 bits per heavy atom. The highest BCUT2D eigenvalue weighted by Crippen LogP contribution is 2.28. The Kier molecular flexibility index (Phi) is 7.07. The van der Waals surface area contributed by atoms with Crippen LogP contribution in [-0.2, 0) is 4.79 Å². The summed E-state index contributed by atoms with van der Waals surface area (Å²) >= 11 is 1.38. The number of carbonyl (C=O) groups is 2. The van der Waals surface area contributed by atoms with Gasteiger partial charge in [-0.3, -0.25) is 15.0 Å². The zero-order valence-electron chi connectivity index (χ0n) is 16.2. The van der Waals surface area contributed by atoms with E-state index >= 15 is 0 Å². The van der Waals surface area contributed by atoms with Gasteiger partial charge in [0.1, 0.15) is 5.78 Å². The summed E-state index contributed by atoms with van der Waals surface area (Å²) < 4.78 is 0.971. The molecule has 27 heavy (non-hydrogen) atoms. The SMILES string of the molecule is CC(C)(C)CC(=O)C[C@@H](CCCNC(=N)N)C(=O)c1nc2ccccc2s1. The second kappa shape index (κ2) is 9.08. The maximum absolute atomic E-state index is 13.1. The molecule has 7 heteroatoms. The van der Waals surface area contributed by atoms with Gasteiger partial charge in [-0.25, -0.2) is 4.98 Å². The third-order valence-electron chi connectivity index (χ3n) is 4.12. The zero-order chi connectivity index (χ0) is 20.0. The van der Waals surface area contributed by atoms with Crippen LogP contribution in [-0.4, -0.2) is 29.1 Å². The Morgan fingerprint density at radius 3 is 2.63 bits per heavy atom. The lowest BCUT2D eigenvalue weighted by Crippen LogP contribution is -2.31. The van der Waals surface area contributed by atoms with Crippen molar-refractivity contribution in [1.82, 2.24) is 10.3 Å². The molecule has 0 amide bonds. The van der Waals surface area contributed by atoms with Crippen LogP contribution in [0.4, 0.5) is 0 Å². The number of hydrogen-bond acceptors (Lipinski definition) is 5. The molecule has 1 atom stereocenters. The molecule has 6 nitrogen and oxygen atoms in total. The fraction of sp³-hybridized carbons (Fsp3) is 0.500. The molecule has 0 aliphatic heterocycles. The third-order valence-corrected chi connectivity index (χ3v) is 5.17. The van der Waals surface area contributed by atoms with E-state index in [4.69, 9.17) is 11.1 Å². The number of benzene rings is 1. The fourth-order valence-corrected chi connectivity index (χ4v) is 3.97. The van der Waals surface area contributed by atoms with Crippen LogP contribution in [0.25, 0.3) is 10.2 Å². The maximum atomic E-state index is 13.1. The first kappa shape index (κ1) is 21.0. The van der Waals surface area contributed by atoms with Crippen molar-refractivity contribution in [3.63, 3.8) is 0 Å². The number of carbonyl (C=O) groups excluding carboxylic acids is 2. The smallest absolute Gasteiger partial charge is 0.194 e. The van der Waals surface area contributed by atoms with Gasteiger partial charge in [-0.15, -0.1) is 11.3 Å². The molecule has 2 rings (SSSR count). The van der Waals surface area contributed by atoms with E-state index < -0.39 is 5.92 Å². The minimum Gasteiger partial charge on any atom is -0.370 e. The number of nitrogens with one attached hydrogen (secondary N) is 2. The first-order valence-electron chi connectivity index (χ1n) is 9.15. The van der Waals surface area contributed by atoms with Crippen LogP contribution < -0.4 is 11.1 Å². The number of ketones is 2. The van der Waals surface area contributed by atoms with E-state index in [0.717, 1.165) is 10.2 Å². The fourth-order valence-electron chi connectivity index (χ4n) is 2.99. The molecular weight excluding hydrogens is 360 g/mol. The van der Waals surface area contributed by atoms with Gasteiger partial charge < -0.3 is 11.1 Å². The van der Waals surface area contributed by atoms with E-state index in [-0.39, 0.29) is 29.4 Å². The summed E-state index contributed by atoms with van der Waals surface area (Å²) in [6.45, 7) is 6.57. The van der Waals surface area contributed by atoms with Gasteiger partial charge in [-0.05, 0) is 30.4 Å². The summed E-state index contributed by atoms with van der Waals surface area (Å²) in [6, 6.07) is 7.65. The van der Waals surface area contributed by atoms with Crippen LogP contribution in [0.5, 0.6) is 0 Å². The minimum atomic E-state index is -0.394. The highest BCUT2D eigenvalue weighted by molar-refractivity contribution is 7.20. The highest BCUT2D eigenvalue weighted by atomic mass is 32.1. The maximum Gasteiger partial charge on any atom is 0.194 e. The highest BCUT2D eigenvalue weighted by Gasteiger charge is 2.27. The van der Waals surface area contributed by atoms with Crippen LogP contribution in [0.1, 0.15) is 56.3 Å². The van der Waals surface area contributed by atoms with Crippen LogP contribution in [0, 0.1) is 16.7 Å². The number of thiazole rings is 1. The Morgan fingerprint density at radius 2 is 2.00 bits per heavy atom. The molecule has 0 fully saturated rings. The molecule has 2 aromatic rings. The lowest BCUT2D eigenvalue weighted by Gasteiger charge is -2.19. The van der Waals surface area contributed by atoms with Gasteiger partial charge in [0.2, 0.25) is 0 Å². The van der Waals surface area contributed by atoms with Gasteiger partial charge in [0.15, 0.2) is 16.8 Å². The van der Waals surface area contributed by atoms with E-state index in [1.165, 1.54) is 11.3 Å². The van der Waals surface area contributed by atoms with E-state index in [0.29, 0.717) is 30.8 Å². The Bertz CT molecular complexity index is 790. The average molecular weight is 389 g/mol. The number of guanidine groups is 1. The lowest BCUT2D eigenvalue weighted by molar-refractivity contribution is -0.121. The van der Waals surface area contributed by atoms with E-state index in [2.05, 4.69) is 10.3 Å². The minimum absolute atomic E-state index is 0.0683. The first-order valence-corrected chi connectivity index (χ1v) is 9.97. The summed E-state index contributed by atoms with van der Waals surface area (Å²) in [6.07, 6.45) is 1.89. The second-order valence-electron chi connectivity index (χ2n) is 8.01. The molecule has 1 heterocycles. The van der Waals surface area contributed by atoms with Crippen molar-refractivity contribution in [3.8, 4) is 0 Å². The van der Waals surface area contributed by atoms with Gasteiger partial charge in [0, 0.05) is 25.3 Å². The largest absolute Gasteiger partial charge is 0.370 e. The van der Waals surface area contributed by atoms with Crippen molar-refractivity contribution in [2.24, 2.45) is 17.1 Å². The summed E-state index contributed by atoms with van der Waals surface area (Å²) in [5, 5.41) is 10.4. The molecule has 146 valence electrons. The van der Waals surface area contributed by atoms with E-state index in [1.54, 1.807) is 0 Å². The number of rotatable bonds is 9. The van der Waals surface area contributed by atoms with Gasteiger partial charge in [-0.1, -0.05) is 32.9 Å². The number of Topliss-reactive ketones (excluding diaryl/α,β-unsaturated/α-hetero) is 2. The second-order valence-corrected chi connectivity index (χ2v) is 9.04. The molecule has 0 saturated heterocycles. The molecule has 1 aromatic carbocycles. The van der Waals surface area contributed by atoms with Crippen molar-refractivity contribution in [2.45, 2.75) is 46.5 Å². The van der Waals surface area contributed by atoms with E-state index in [9.17, 15) is 9.59 Å². The van der Waals surface area contributed by atoms with Gasteiger partial charge in [0.25, 0.3) is 0 Å². The topological polar surface area (TPSA) is 109 Å². The molecule has 0 bridgehead atoms. The van der Waals surface area contributed by atoms with Gasteiger partial charge >= 0.3 is 0 Å². The molecule has 1 aromatic heterocycles. The number of nitrogens with two attached hydrogens (primary N) is 1. The molecular formula is C20H28N4O2S. The Labute approximate surface area is 164 Å². The van der Waals surface area contributed by atoms with Crippen LogP contribution in [0.15, 0.2) is 24.3 Å². The van der Waals surface area contributed by atoms with Crippen molar-refractivity contribution in [2.75, 3.05) is 6.54 Å². The van der Waals surface area contributed by atoms with E-state index in [1.807, 2.05) is 45.0 Å². The standard InChI is InChI=1S/C20H28N4O2S/c1-20(2,3)12-14(25)11-13(7-6-10-23-19(21)22)17(26)18-24-15-8-4-5-9-16(15)27-18/h4-5,8-9,13H,6-7,10-12H2,1-3H3,(H4,21,22,23)/t13-/m1/s1. The summed E-state index contributed by atoms with van der Waals surface area (Å²) in [5.41, 5.74) is 6.00. The number of hydrogen-bond donors (Lipinski definition) is 3. The average Bonchev–Trinajstić information content (AvgIpc) is 2.99. The molecule has 0 saturated carbocycles. The predicted octanol–water partition coefficient (Wildman–Crippen LogP) is 3.75. The molecule has 0 radical (unpaired) electrons.